The predicted molar refractivity (Wildman–Crippen MR) is 64.7 cm³/mol. The van der Waals surface area contributed by atoms with E-state index in [2.05, 4.69) is 25.3 Å². The van der Waals surface area contributed by atoms with Gasteiger partial charge < -0.3 is 5.43 Å². The molecule has 96 valence electrons. The number of nitrogens with two attached hydrogens (primary N) is 1. The molecule has 0 bridgehead atoms. The van der Waals surface area contributed by atoms with Crippen molar-refractivity contribution in [2.24, 2.45) is 5.84 Å². The van der Waals surface area contributed by atoms with Gasteiger partial charge in [0.2, 0.25) is 10.0 Å². The van der Waals surface area contributed by atoms with Gasteiger partial charge in [-0.3, -0.25) is 10.9 Å². The van der Waals surface area contributed by atoms with Gasteiger partial charge in [0, 0.05) is 5.69 Å². The fourth-order valence-electron chi connectivity index (χ4n) is 1.29. The second-order valence-corrected chi connectivity index (χ2v) is 5.19. The SMILES string of the molecule is NNc1ccc(S(=O)(=O)NCc2ncn[nH]2)cc1. The van der Waals surface area contributed by atoms with Gasteiger partial charge in [0.05, 0.1) is 11.4 Å². The normalized spacial score (nSPS) is 11.4. The fraction of sp³-hybridized carbons (Fsp3) is 0.111. The molecule has 0 atom stereocenters. The molecule has 0 spiro atoms. The summed E-state index contributed by atoms with van der Waals surface area (Å²) in [6.45, 7) is 0.0548. The minimum absolute atomic E-state index is 0.0548. The molecule has 0 aliphatic rings. The predicted octanol–water partition coefficient (Wildman–Crippen LogP) is -0.431. The molecule has 2 aromatic rings. The summed E-state index contributed by atoms with van der Waals surface area (Å²) in [4.78, 5) is 3.97. The van der Waals surface area contributed by atoms with Crippen molar-refractivity contribution in [3.05, 3.63) is 36.4 Å². The lowest BCUT2D eigenvalue weighted by Crippen LogP contribution is -2.23. The molecule has 0 saturated heterocycles. The van der Waals surface area contributed by atoms with E-state index in [1.807, 2.05) is 0 Å². The zero-order chi connectivity index (χ0) is 13.0. The summed E-state index contributed by atoms with van der Waals surface area (Å²) in [5.74, 6) is 5.64. The maximum Gasteiger partial charge on any atom is 0.240 e. The second kappa shape index (κ2) is 5.12. The van der Waals surface area contributed by atoms with Crippen LogP contribution in [0, 0.1) is 0 Å². The Hall–Kier alpha value is -1.97. The Bertz CT molecular complexity index is 592. The highest BCUT2D eigenvalue weighted by molar-refractivity contribution is 7.89. The van der Waals surface area contributed by atoms with E-state index in [1.165, 1.54) is 18.5 Å². The van der Waals surface area contributed by atoms with Crippen molar-refractivity contribution in [2.75, 3.05) is 5.43 Å². The first-order chi connectivity index (χ1) is 8.62. The van der Waals surface area contributed by atoms with E-state index in [4.69, 9.17) is 5.84 Å². The minimum atomic E-state index is -3.57. The number of hydrazine groups is 1. The van der Waals surface area contributed by atoms with Crippen molar-refractivity contribution >= 4 is 15.7 Å². The molecule has 0 aliphatic carbocycles. The first kappa shape index (κ1) is 12.5. The van der Waals surface area contributed by atoms with E-state index in [0.717, 1.165) is 0 Å². The van der Waals surface area contributed by atoms with Crippen LogP contribution in [0.4, 0.5) is 5.69 Å². The largest absolute Gasteiger partial charge is 0.324 e. The van der Waals surface area contributed by atoms with Crippen LogP contribution in [0.1, 0.15) is 5.82 Å². The molecule has 0 aliphatic heterocycles. The van der Waals surface area contributed by atoms with Crippen LogP contribution in [-0.2, 0) is 16.6 Å². The van der Waals surface area contributed by atoms with Gasteiger partial charge in [-0.15, -0.1) is 0 Å². The molecule has 18 heavy (non-hydrogen) atoms. The average molecular weight is 268 g/mol. The number of aromatic nitrogens is 3. The standard InChI is InChI=1S/C9H12N6O2S/c10-14-7-1-3-8(4-2-7)18(16,17)13-5-9-11-6-12-15-9/h1-4,6,13-14H,5,10H2,(H,11,12,15). The van der Waals surface area contributed by atoms with Crippen LogP contribution < -0.4 is 16.0 Å². The Morgan fingerprint density at radius 3 is 2.56 bits per heavy atom. The number of rotatable bonds is 5. The number of aromatic amines is 1. The smallest absolute Gasteiger partial charge is 0.240 e. The number of nitrogens with one attached hydrogen (secondary N) is 3. The lowest BCUT2D eigenvalue weighted by atomic mass is 10.3. The van der Waals surface area contributed by atoms with E-state index < -0.39 is 10.0 Å². The number of hydrogen-bond acceptors (Lipinski definition) is 6. The van der Waals surface area contributed by atoms with Gasteiger partial charge in [0.15, 0.2) is 0 Å². The Morgan fingerprint density at radius 2 is 2.00 bits per heavy atom. The summed E-state index contributed by atoms with van der Waals surface area (Å²) in [6.07, 6.45) is 1.31. The first-order valence-corrected chi connectivity index (χ1v) is 6.51. The van der Waals surface area contributed by atoms with Crippen molar-refractivity contribution in [3.63, 3.8) is 0 Å². The molecular formula is C9H12N6O2S. The fourth-order valence-corrected chi connectivity index (χ4v) is 2.28. The number of anilines is 1. The van der Waals surface area contributed by atoms with Gasteiger partial charge in [-0.1, -0.05) is 0 Å². The van der Waals surface area contributed by atoms with Crippen molar-refractivity contribution in [3.8, 4) is 0 Å². The van der Waals surface area contributed by atoms with Crippen molar-refractivity contribution in [2.45, 2.75) is 11.4 Å². The molecule has 9 heteroatoms. The summed E-state index contributed by atoms with van der Waals surface area (Å²) in [5, 5.41) is 6.19. The van der Waals surface area contributed by atoms with Gasteiger partial charge in [0.25, 0.3) is 0 Å². The van der Waals surface area contributed by atoms with Crippen LogP contribution in [0.3, 0.4) is 0 Å². The monoisotopic (exact) mass is 268 g/mol. The highest BCUT2D eigenvalue weighted by Gasteiger charge is 2.13. The summed E-state index contributed by atoms with van der Waals surface area (Å²) in [7, 11) is -3.57. The molecule has 1 heterocycles. The third kappa shape index (κ3) is 2.83. The van der Waals surface area contributed by atoms with Crippen LogP contribution in [0.25, 0.3) is 0 Å². The Labute approximate surface area is 104 Å². The maximum absolute atomic E-state index is 11.9. The van der Waals surface area contributed by atoms with E-state index in [1.54, 1.807) is 12.1 Å². The maximum atomic E-state index is 11.9. The third-order valence-corrected chi connectivity index (χ3v) is 3.64. The minimum Gasteiger partial charge on any atom is -0.324 e. The average Bonchev–Trinajstić information content (AvgIpc) is 2.90. The summed E-state index contributed by atoms with van der Waals surface area (Å²) in [6, 6.07) is 6.06. The van der Waals surface area contributed by atoms with Crippen LogP contribution in [0.2, 0.25) is 0 Å². The molecule has 8 nitrogen and oxygen atoms in total. The number of nitrogen functional groups attached to an aromatic ring is 1. The van der Waals surface area contributed by atoms with E-state index in [9.17, 15) is 8.42 Å². The molecule has 0 fully saturated rings. The number of H-pyrrole nitrogens is 1. The molecule has 2 rings (SSSR count). The lowest BCUT2D eigenvalue weighted by molar-refractivity contribution is 0.579. The summed E-state index contributed by atoms with van der Waals surface area (Å²) in [5.41, 5.74) is 3.05. The Morgan fingerprint density at radius 1 is 1.28 bits per heavy atom. The Balaban J connectivity index is 2.09. The number of hydrogen-bond donors (Lipinski definition) is 4. The number of benzene rings is 1. The first-order valence-electron chi connectivity index (χ1n) is 5.02. The van der Waals surface area contributed by atoms with E-state index in [-0.39, 0.29) is 11.4 Å². The molecule has 0 amide bonds. The van der Waals surface area contributed by atoms with Crippen molar-refractivity contribution in [1.29, 1.82) is 0 Å². The second-order valence-electron chi connectivity index (χ2n) is 3.43. The Kier molecular flexibility index (Phi) is 3.55. The van der Waals surface area contributed by atoms with E-state index >= 15 is 0 Å². The van der Waals surface area contributed by atoms with Crippen molar-refractivity contribution < 1.29 is 8.42 Å². The molecule has 1 aromatic heterocycles. The molecule has 0 radical (unpaired) electrons. The zero-order valence-electron chi connectivity index (χ0n) is 9.29. The quantitative estimate of drug-likeness (QED) is 0.430. The third-order valence-electron chi connectivity index (χ3n) is 2.23. The highest BCUT2D eigenvalue weighted by Crippen LogP contribution is 2.13. The van der Waals surface area contributed by atoms with Crippen LogP contribution in [-0.4, -0.2) is 23.6 Å². The topological polar surface area (TPSA) is 126 Å². The van der Waals surface area contributed by atoms with Gasteiger partial charge in [-0.2, -0.15) is 5.10 Å². The molecule has 0 unspecified atom stereocenters. The van der Waals surface area contributed by atoms with Crippen LogP contribution in [0.5, 0.6) is 0 Å². The summed E-state index contributed by atoms with van der Waals surface area (Å²) < 4.78 is 26.2. The lowest BCUT2D eigenvalue weighted by Gasteiger charge is -2.06. The van der Waals surface area contributed by atoms with Gasteiger partial charge in [-0.25, -0.2) is 18.1 Å². The summed E-state index contributed by atoms with van der Waals surface area (Å²) >= 11 is 0. The molecule has 5 N–H and O–H groups in total. The molecule has 1 aromatic carbocycles. The van der Waals surface area contributed by atoms with Gasteiger partial charge in [-0.05, 0) is 24.3 Å². The van der Waals surface area contributed by atoms with Crippen molar-refractivity contribution in [1.82, 2.24) is 19.9 Å². The highest BCUT2D eigenvalue weighted by atomic mass is 32.2. The van der Waals surface area contributed by atoms with Gasteiger partial charge in [0.1, 0.15) is 12.2 Å². The molecular weight excluding hydrogens is 256 g/mol. The molecule has 0 saturated carbocycles. The van der Waals surface area contributed by atoms with Gasteiger partial charge >= 0.3 is 0 Å². The zero-order valence-corrected chi connectivity index (χ0v) is 10.1. The van der Waals surface area contributed by atoms with E-state index in [0.29, 0.717) is 11.5 Å². The van der Waals surface area contributed by atoms with Crippen LogP contribution in [0.15, 0.2) is 35.5 Å². The van der Waals surface area contributed by atoms with Crippen LogP contribution >= 0.6 is 0 Å². The number of sulfonamides is 1. The number of nitrogens with zero attached hydrogens (tertiary/aromatic N) is 2.